The fraction of sp³-hybridized carbons (Fsp3) is 0.300. The van der Waals surface area contributed by atoms with Gasteiger partial charge in [-0.15, -0.1) is 0 Å². The van der Waals surface area contributed by atoms with Crippen LogP contribution >= 0.6 is 12.2 Å². The van der Waals surface area contributed by atoms with Gasteiger partial charge in [-0.25, -0.2) is 8.78 Å². The van der Waals surface area contributed by atoms with Crippen LogP contribution in [-0.4, -0.2) is 31.2 Å². The third kappa shape index (κ3) is 4.64. The zero-order valence-electron chi connectivity index (χ0n) is 16.8. The van der Waals surface area contributed by atoms with Gasteiger partial charge in [-0.1, -0.05) is 0 Å². The highest BCUT2D eigenvalue weighted by Crippen LogP contribution is 2.29. The summed E-state index contributed by atoms with van der Waals surface area (Å²) in [7, 11) is 0.840. The normalized spacial score (nSPS) is 10.5. The lowest BCUT2D eigenvalue weighted by Gasteiger charge is -2.22. The van der Waals surface area contributed by atoms with Gasteiger partial charge in [0.1, 0.15) is 5.56 Å². The molecule has 0 aliphatic rings. The van der Waals surface area contributed by atoms with Crippen LogP contribution in [0.3, 0.4) is 0 Å². The topological polar surface area (TPSA) is 53.6 Å². The fourth-order valence-electron chi connectivity index (χ4n) is 2.88. The molecule has 0 heterocycles. The molecule has 0 saturated carbocycles. The van der Waals surface area contributed by atoms with E-state index in [0.29, 0.717) is 5.69 Å². The number of hydrogen-bond acceptors (Lipinski definition) is 4. The Morgan fingerprint density at radius 1 is 1.07 bits per heavy atom. The molecule has 10 heteroatoms. The Kier molecular flexibility index (Phi) is 7.60. The number of rotatable bonds is 6. The van der Waals surface area contributed by atoms with E-state index < -0.39 is 40.5 Å². The quantitative estimate of drug-likeness (QED) is 0.390. The van der Waals surface area contributed by atoms with Gasteiger partial charge in [0.15, 0.2) is 22.5 Å². The van der Waals surface area contributed by atoms with Crippen molar-refractivity contribution in [3.8, 4) is 5.75 Å². The molecule has 2 rings (SSSR count). The highest BCUT2D eigenvalue weighted by molar-refractivity contribution is 7.80. The first-order valence-electron chi connectivity index (χ1n) is 9.03. The van der Waals surface area contributed by atoms with Gasteiger partial charge in [0.05, 0.1) is 7.11 Å². The lowest BCUT2D eigenvalue weighted by Crippen LogP contribution is -2.35. The van der Waals surface area contributed by atoms with Crippen LogP contribution in [0, 0.1) is 30.2 Å². The molecule has 0 spiro atoms. The largest absolute Gasteiger partial charge is 0.491 e. The predicted octanol–water partition coefficient (Wildman–Crippen LogP) is 4.53. The highest BCUT2D eigenvalue weighted by Gasteiger charge is 2.30. The van der Waals surface area contributed by atoms with Gasteiger partial charge in [-0.05, 0) is 56.8 Å². The molecule has 0 aliphatic carbocycles. The van der Waals surface area contributed by atoms with E-state index in [0.717, 1.165) is 31.5 Å². The lowest BCUT2D eigenvalue weighted by atomic mass is 10.1. The van der Waals surface area contributed by atoms with Crippen LogP contribution in [0.2, 0.25) is 0 Å². The molecule has 2 aromatic carbocycles. The van der Waals surface area contributed by atoms with Crippen LogP contribution in [-0.2, 0) is 0 Å². The van der Waals surface area contributed by atoms with E-state index in [1.165, 1.54) is 0 Å². The van der Waals surface area contributed by atoms with Gasteiger partial charge in [0, 0.05) is 24.5 Å². The minimum Gasteiger partial charge on any atom is -0.491 e. The molecule has 0 saturated heterocycles. The summed E-state index contributed by atoms with van der Waals surface area (Å²) < 4.78 is 60.1. The smallest absolute Gasteiger partial charge is 0.263 e. The van der Waals surface area contributed by atoms with E-state index in [4.69, 9.17) is 12.2 Å². The Labute approximate surface area is 177 Å². The second kappa shape index (κ2) is 9.75. The maximum atomic E-state index is 14.1. The van der Waals surface area contributed by atoms with Gasteiger partial charge >= 0.3 is 0 Å². The highest BCUT2D eigenvalue weighted by atomic mass is 32.1. The van der Waals surface area contributed by atoms with Crippen molar-refractivity contribution >= 4 is 34.6 Å². The standard InChI is InChI=1S/C20H21F4N3O2S/c1-5-27(6-2)11-7-8-12(10(3)9-11)25-20(30)26-19(28)13-14(21)16(23)18(29-4)17(24)15(13)22/h7-9H,5-6H2,1-4H3,(H2,25,26,28,30). The molecule has 0 bridgehead atoms. The molecule has 0 unspecified atom stereocenters. The second-order valence-electron chi connectivity index (χ2n) is 6.24. The number of amides is 1. The number of nitrogens with zero attached hydrogens (tertiary/aromatic N) is 1. The first-order valence-corrected chi connectivity index (χ1v) is 9.44. The summed E-state index contributed by atoms with van der Waals surface area (Å²) in [6.45, 7) is 7.51. The molecule has 0 fully saturated rings. The molecule has 0 aromatic heterocycles. The van der Waals surface area contributed by atoms with E-state index in [2.05, 4.69) is 15.0 Å². The van der Waals surface area contributed by atoms with E-state index in [1.54, 1.807) is 6.07 Å². The summed E-state index contributed by atoms with van der Waals surface area (Å²) in [5.41, 5.74) is 0.897. The zero-order valence-corrected chi connectivity index (χ0v) is 17.6. The number of methoxy groups -OCH3 is 1. The summed E-state index contributed by atoms with van der Waals surface area (Å²) in [6.07, 6.45) is 0. The van der Waals surface area contributed by atoms with E-state index in [9.17, 15) is 22.4 Å². The molecule has 30 heavy (non-hydrogen) atoms. The molecule has 1 amide bonds. The van der Waals surface area contributed by atoms with Crippen molar-refractivity contribution in [2.45, 2.75) is 20.8 Å². The van der Waals surface area contributed by atoms with Crippen molar-refractivity contribution in [3.63, 3.8) is 0 Å². The summed E-state index contributed by atoms with van der Waals surface area (Å²) in [5, 5.41) is 4.45. The summed E-state index contributed by atoms with van der Waals surface area (Å²) >= 11 is 4.99. The first kappa shape index (κ1) is 23.4. The SMILES string of the molecule is CCN(CC)c1ccc(NC(=S)NC(=O)c2c(F)c(F)c(OC)c(F)c2F)c(C)c1. The summed E-state index contributed by atoms with van der Waals surface area (Å²) in [5.74, 6) is -10.1. The number of carbonyl (C=O) groups excluding carboxylic acids is 1. The summed E-state index contributed by atoms with van der Waals surface area (Å²) in [6, 6.07) is 5.49. The van der Waals surface area contributed by atoms with Crippen LogP contribution in [0.1, 0.15) is 29.8 Å². The van der Waals surface area contributed by atoms with Crippen molar-refractivity contribution < 1.29 is 27.1 Å². The van der Waals surface area contributed by atoms with Crippen LogP contribution in [0.15, 0.2) is 18.2 Å². The number of aryl methyl sites for hydroxylation is 1. The number of ether oxygens (including phenoxy) is 1. The Bertz CT molecular complexity index is 952. The third-order valence-electron chi connectivity index (χ3n) is 4.47. The molecule has 0 atom stereocenters. The minimum atomic E-state index is -1.88. The number of carbonyl (C=O) groups is 1. The maximum absolute atomic E-state index is 14.1. The first-order chi connectivity index (χ1) is 14.2. The average Bonchev–Trinajstić information content (AvgIpc) is 2.70. The molecular formula is C20H21F4N3O2S. The Morgan fingerprint density at radius 2 is 1.63 bits per heavy atom. The van der Waals surface area contributed by atoms with Crippen LogP contribution in [0.25, 0.3) is 0 Å². The third-order valence-corrected chi connectivity index (χ3v) is 4.67. The second-order valence-corrected chi connectivity index (χ2v) is 6.65. The van der Waals surface area contributed by atoms with E-state index in [-0.39, 0.29) is 5.11 Å². The van der Waals surface area contributed by atoms with Gasteiger partial charge in [0.25, 0.3) is 5.91 Å². The average molecular weight is 443 g/mol. The van der Waals surface area contributed by atoms with Crippen molar-refractivity contribution in [1.82, 2.24) is 5.32 Å². The lowest BCUT2D eigenvalue weighted by molar-refractivity contribution is 0.0966. The van der Waals surface area contributed by atoms with Gasteiger partial charge in [-0.2, -0.15) is 8.78 Å². The van der Waals surface area contributed by atoms with Crippen molar-refractivity contribution in [2.75, 3.05) is 30.4 Å². The number of halogens is 4. The zero-order chi connectivity index (χ0) is 22.6. The van der Waals surface area contributed by atoms with Gasteiger partial charge in [-0.3, -0.25) is 10.1 Å². The van der Waals surface area contributed by atoms with E-state index >= 15 is 0 Å². The molecular weight excluding hydrogens is 422 g/mol. The Balaban J connectivity index is 2.21. The van der Waals surface area contributed by atoms with E-state index in [1.807, 2.05) is 38.2 Å². The minimum absolute atomic E-state index is 0.297. The predicted molar refractivity (Wildman–Crippen MR) is 111 cm³/mol. The van der Waals surface area contributed by atoms with Gasteiger partial charge < -0.3 is 15.0 Å². The summed E-state index contributed by atoms with van der Waals surface area (Å²) in [4.78, 5) is 14.3. The Morgan fingerprint density at radius 3 is 2.10 bits per heavy atom. The maximum Gasteiger partial charge on any atom is 0.263 e. The number of nitrogens with one attached hydrogen (secondary N) is 2. The van der Waals surface area contributed by atoms with Crippen LogP contribution < -0.4 is 20.3 Å². The van der Waals surface area contributed by atoms with Crippen LogP contribution in [0.5, 0.6) is 5.75 Å². The monoisotopic (exact) mass is 443 g/mol. The number of thiocarbonyl (C=S) groups is 1. The molecule has 162 valence electrons. The van der Waals surface area contributed by atoms with Crippen molar-refractivity contribution in [1.29, 1.82) is 0 Å². The van der Waals surface area contributed by atoms with Gasteiger partial charge in [0.2, 0.25) is 11.6 Å². The number of anilines is 2. The molecule has 0 aliphatic heterocycles. The molecule has 2 aromatic rings. The van der Waals surface area contributed by atoms with Crippen LogP contribution in [0.4, 0.5) is 28.9 Å². The number of hydrogen-bond donors (Lipinski definition) is 2. The van der Waals surface area contributed by atoms with Crippen molar-refractivity contribution in [3.05, 3.63) is 52.6 Å². The number of benzene rings is 2. The Hall–Kier alpha value is -2.88. The molecule has 2 N–H and O–H groups in total. The molecule has 5 nitrogen and oxygen atoms in total. The van der Waals surface area contributed by atoms with Crippen molar-refractivity contribution in [2.24, 2.45) is 0 Å². The molecule has 0 radical (unpaired) electrons. The fourth-order valence-corrected chi connectivity index (χ4v) is 3.09.